The maximum Gasteiger partial charge on any atom is 1.00 e. The summed E-state index contributed by atoms with van der Waals surface area (Å²) in [5, 5.41) is 11.1. The number of aliphatic carboxylic acids is 1. The molecule has 0 bridgehead atoms. The van der Waals surface area contributed by atoms with Crippen molar-refractivity contribution >= 4 is 29.3 Å². The molecule has 1 amide bonds. The molecule has 6 nitrogen and oxygen atoms in total. The Kier molecular flexibility index (Phi) is 5.77. The molecule has 2 aromatic heterocycles. The summed E-state index contributed by atoms with van der Waals surface area (Å²) in [4.78, 5) is 33.8. The molecule has 142 valence electrons. The second-order valence-corrected chi connectivity index (χ2v) is 8.49. The number of fused-ring (bicyclic) bond motifs is 2. The topological polar surface area (TPSA) is 76.6 Å². The van der Waals surface area contributed by atoms with Gasteiger partial charge < -0.3 is 9.90 Å². The number of aromatic nitrogens is 1. The molecule has 8 heteroatoms. The van der Waals surface area contributed by atoms with Gasteiger partial charge in [0.2, 0.25) is 0 Å². The predicted molar refractivity (Wildman–Crippen MR) is 103 cm³/mol. The average molecular weight is 415 g/mol. The number of amides is 1. The van der Waals surface area contributed by atoms with Crippen molar-refractivity contribution in [2.75, 3.05) is 6.54 Å². The van der Waals surface area contributed by atoms with E-state index in [0.717, 1.165) is 30.9 Å². The minimum absolute atomic E-state index is 0. The number of carboxylic acids is 1. The number of rotatable bonds is 4. The van der Waals surface area contributed by atoms with Gasteiger partial charge in [-0.1, -0.05) is 12.1 Å². The standard InChI is InChI=1S/C21H19N3O3S.Na/c25-20-16(17-3-4-18(21(26)27)24(17)20)9-15-8-14-12-23(7-5-19(14)28-15)11-13-2-1-6-22-10-13;/h1-2,4,6,8-10,17H,3,5,7,11-12H2,(H,26,27);/q;+1/p-1/b16-9+;. The molecule has 0 spiro atoms. The Morgan fingerprint density at radius 3 is 3.03 bits per heavy atom. The van der Waals surface area contributed by atoms with Crippen molar-refractivity contribution in [2.45, 2.75) is 32.0 Å². The molecule has 0 aromatic carbocycles. The van der Waals surface area contributed by atoms with Crippen LogP contribution in [0.4, 0.5) is 0 Å². The van der Waals surface area contributed by atoms with Gasteiger partial charge in [0.15, 0.2) is 0 Å². The molecule has 1 unspecified atom stereocenters. The smallest absolute Gasteiger partial charge is 0.543 e. The monoisotopic (exact) mass is 415 g/mol. The fraction of sp³-hybridized carbons (Fsp3) is 0.286. The van der Waals surface area contributed by atoms with Crippen molar-refractivity contribution in [1.29, 1.82) is 0 Å². The van der Waals surface area contributed by atoms with E-state index in [1.807, 2.05) is 18.3 Å². The Balaban J connectivity index is 0.00000205. The molecule has 3 aliphatic rings. The van der Waals surface area contributed by atoms with Crippen molar-refractivity contribution < 1.29 is 44.3 Å². The number of nitrogens with zero attached hydrogens (tertiary/aromatic N) is 3. The summed E-state index contributed by atoms with van der Waals surface area (Å²) in [6, 6.07) is 6.07. The number of carbonyl (C=O) groups excluding carboxylic acids is 2. The van der Waals surface area contributed by atoms with Crippen LogP contribution in [0.25, 0.3) is 6.08 Å². The maximum atomic E-state index is 12.4. The zero-order valence-electron chi connectivity index (χ0n) is 16.1. The van der Waals surface area contributed by atoms with Gasteiger partial charge >= 0.3 is 29.6 Å². The van der Waals surface area contributed by atoms with E-state index in [1.165, 1.54) is 20.9 Å². The number of thiophene rings is 1. The quantitative estimate of drug-likeness (QED) is 0.339. The summed E-state index contributed by atoms with van der Waals surface area (Å²) in [5.74, 6) is -1.50. The molecule has 0 saturated carbocycles. The normalized spacial score (nSPS) is 21.9. The Morgan fingerprint density at radius 1 is 1.41 bits per heavy atom. The van der Waals surface area contributed by atoms with Gasteiger partial charge in [-0.15, -0.1) is 11.3 Å². The third kappa shape index (κ3) is 3.73. The van der Waals surface area contributed by atoms with E-state index in [1.54, 1.807) is 23.6 Å². The Morgan fingerprint density at radius 2 is 2.28 bits per heavy atom. The summed E-state index contributed by atoms with van der Waals surface area (Å²) in [6.45, 7) is 2.78. The zero-order chi connectivity index (χ0) is 19.3. The number of hydrogen-bond acceptors (Lipinski definition) is 6. The van der Waals surface area contributed by atoms with Crippen molar-refractivity contribution in [3.05, 3.63) is 68.8 Å². The van der Waals surface area contributed by atoms with Gasteiger partial charge in [-0.25, -0.2) is 0 Å². The summed E-state index contributed by atoms with van der Waals surface area (Å²) >= 11 is 1.73. The molecule has 1 atom stereocenters. The van der Waals surface area contributed by atoms with E-state index >= 15 is 0 Å². The van der Waals surface area contributed by atoms with E-state index in [9.17, 15) is 14.7 Å². The van der Waals surface area contributed by atoms with Gasteiger partial charge in [0.1, 0.15) is 0 Å². The first kappa shape index (κ1) is 20.5. The van der Waals surface area contributed by atoms with Crippen molar-refractivity contribution in [1.82, 2.24) is 14.8 Å². The van der Waals surface area contributed by atoms with E-state index in [0.29, 0.717) is 12.0 Å². The van der Waals surface area contributed by atoms with Crippen LogP contribution in [0.15, 0.2) is 47.9 Å². The van der Waals surface area contributed by atoms with Crippen LogP contribution in [0.2, 0.25) is 0 Å². The molecule has 5 heterocycles. The summed E-state index contributed by atoms with van der Waals surface area (Å²) in [6.07, 6.45) is 8.76. The third-order valence-electron chi connectivity index (χ3n) is 5.53. The summed E-state index contributed by atoms with van der Waals surface area (Å²) in [5.41, 5.74) is 3.22. The number of carboxylic acid groups (broad SMARTS) is 1. The molecule has 1 saturated heterocycles. The maximum absolute atomic E-state index is 12.4. The molecule has 0 aliphatic carbocycles. The van der Waals surface area contributed by atoms with Crippen LogP contribution in [0.5, 0.6) is 0 Å². The predicted octanol–water partition coefficient (Wildman–Crippen LogP) is -1.66. The van der Waals surface area contributed by atoms with Gasteiger partial charge in [-0.05, 0) is 42.2 Å². The summed E-state index contributed by atoms with van der Waals surface area (Å²) < 4.78 is 0. The number of hydrogen-bond donors (Lipinski definition) is 0. The van der Waals surface area contributed by atoms with E-state index in [-0.39, 0.29) is 47.2 Å². The zero-order valence-corrected chi connectivity index (χ0v) is 18.9. The van der Waals surface area contributed by atoms with E-state index in [4.69, 9.17) is 0 Å². The molecule has 2 aromatic rings. The van der Waals surface area contributed by atoms with Crippen LogP contribution in [0, 0.1) is 0 Å². The molecule has 3 aliphatic heterocycles. The number of pyridine rings is 1. The fourth-order valence-corrected chi connectivity index (χ4v) is 5.31. The molecule has 29 heavy (non-hydrogen) atoms. The van der Waals surface area contributed by atoms with Crippen LogP contribution < -0.4 is 34.7 Å². The van der Waals surface area contributed by atoms with Crippen LogP contribution in [0.3, 0.4) is 0 Å². The average Bonchev–Trinajstić information content (AvgIpc) is 3.28. The Hall–Kier alpha value is -1.77. The van der Waals surface area contributed by atoms with Crippen molar-refractivity contribution in [3.63, 3.8) is 0 Å². The van der Waals surface area contributed by atoms with Crippen LogP contribution >= 0.6 is 11.3 Å². The minimum atomic E-state index is -1.28. The molecule has 5 rings (SSSR count). The molecular formula is C21H18N3NaO3S. The van der Waals surface area contributed by atoms with Gasteiger partial charge in [0, 0.05) is 47.4 Å². The largest absolute Gasteiger partial charge is 1.00 e. The van der Waals surface area contributed by atoms with E-state index < -0.39 is 5.97 Å². The van der Waals surface area contributed by atoms with Crippen LogP contribution in [-0.4, -0.2) is 39.2 Å². The fourth-order valence-electron chi connectivity index (χ4n) is 4.19. The van der Waals surface area contributed by atoms with Gasteiger partial charge in [-0.3, -0.25) is 19.6 Å². The second-order valence-electron chi connectivity index (χ2n) is 7.32. The summed E-state index contributed by atoms with van der Waals surface area (Å²) in [7, 11) is 0. The molecule has 0 radical (unpaired) electrons. The number of carbonyl (C=O) groups is 2. The molecule has 0 N–H and O–H groups in total. The Labute approximate surface area is 194 Å². The number of β-lactam (4-membered cyclic amide) rings is 1. The second kappa shape index (κ2) is 8.16. The molecular weight excluding hydrogens is 397 g/mol. The van der Waals surface area contributed by atoms with E-state index in [2.05, 4.69) is 22.0 Å². The minimum Gasteiger partial charge on any atom is -0.543 e. The van der Waals surface area contributed by atoms with Crippen molar-refractivity contribution in [2.24, 2.45) is 0 Å². The van der Waals surface area contributed by atoms with Gasteiger partial charge in [0.05, 0.1) is 17.7 Å². The van der Waals surface area contributed by atoms with Crippen LogP contribution in [0.1, 0.15) is 27.3 Å². The first-order valence-electron chi connectivity index (χ1n) is 9.29. The van der Waals surface area contributed by atoms with Crippen molar-refractivity contribution in [3.8, 4) is 0 Å². The van der Waals surface area contributed by atoms with Gasteiger partial charge in [0.25, 0.3) is 5.91 Å². The van der Waals surface area contributed by atoms with Gasteiger partial charge in [-0.2, -0.15) is 0 Å². The van der Waals surface area contributed by atoms with Crippen LogP contribution in [-0.2, 0) is 29.1 Å². The Bertz CT molecular complexity index is 1030. The third-order valence-corrected chi connectivity index (χ3v) is 6.72. The molecule has 1 fully saturated rings. The first-order chi connectivity index (χ1) is 13.6. The SMILES string of the molecule is O=C([O-])C1=CCC2/C(=C\c3cc4c(s3)CCN(Cc3cccnc3)C4)C(=O)N12.[Na+]. The first-order valence-corrected chi connectivity index (χ1v) is 10.1.